The highest BCUT2D eigenvalue weighted by molar-refractivity contribution is 8.02. The molecule has 132 valence electrons. The Kier molecular flexibility index (Phi) is 3.91. The monoisotopic (exact) mass is 370 g/mol. The van der Waals surface area contributed by atoms with Crippen LogP contribution >= 0.6 is 11.8 Å². The van der Waals surface area contributed by atoms with Gasteiger partial charge in [0.15, 0.2) is 4.87 Å². The molecule has 7 nitrogen and oxygen atoms in total. The van der Waals surface area contributed by atoms with Crippen LogP contribution in [-0.2, 0) is 20.9 Å². The number of nitro benzene ring substituents is 1. The third-order valence-corrected chi connectivity index (χ3v) is 5.94. The second-order valence-corrected chi connectivity index (χ2v) is 7.41. The summed E-state index contributed by atoms with van der Waals surface area (Å²) in [6.07, 6.45) is 0.659. The summed E-state index contributed by atoms with van der Waals surface area (Å²) < 4.78 is 5.45. The topological polar surface area (TPSA) is 89.8 Å². The predicted octanol–water partition coefficient (Wildman–Crippen LogP) is 3.27. The molecule has 2 aliphatic heterocycles. The number of nitrogens with zero attached hydrogens (tertiary/aromatic N) is 2. The molecule has 4 rings (SSSR count). The maximum atomic E-state index is 12.9. The zero-order chi connectivity index (χ0) is 18.3. The quantitative estimate of drug-likeness (QED) is 0.466. The van der Waals surface area contributed by atoms with Crippen LogP contribution < -0.4 is 4.90 Å². The summed E-state index contributed by atoms with van der Waals surface area (Å²) in [6, 6.07) is 13.3. The van der Waals surface area contributed by atoms with Crippen LogP contribution in [0.3, 0.4) is 0 Å². The van der Waals surface area contributed by atoms with Crippen molar-refractivity contribution in [3.05, 3.63) is 64.2 Å². The fourth-order valence-electron chi connectivity index (χ4n) is 3.29. The lowest BCUT2D eigenvalue weighted by atomic mass is 10.2. The third kappa shape index (κ3) is 2.53. The van der Waals surface area contributed by atoms with Crippen molar-refractivity contribution < 1.29 is 19.2 Å². The summed E-state index contributed by atoms with van der Waals surface area (Å²) in [6.45, 7) is -0.0821. The Labute approximate surface area is 153 Å². The minimum Gasteiger partial charge on any atom is -0.458 e. The van der Waals surface area contributed by atoms with Crippen molar-refractivity contribution in [2.45, 2.75) is 29.2 Å². The van der Waals surface area contributed by atoms with Crippen LogP contribution in [0.5, 0.6) is 0 Å². The van der Waals surface area contributed by atoms with E-state index in [0.717, 1.165) is 10.6 Å². The molecule has 2 heterocycles. The van der Waals surface area contributed by atoms with E-state index in [9.17, 15) is 19.7 Å². The Balaban J connectivity index is 1.56. The fourth-order valence-corrected chi connectivity index (χ4v) is 4.71. The Hall–Kier alpha value is -2.87. The number of carbonyl (C=O) groups is 2. The summed E-state index contributed by atoms with van der Waals surface area (Å²) in [4.78, 5) is 36.9. The van der Waals surface area contributed by atoms with Crippen molar-refractivity contribution in [1.82, 2.24) is 0 Å². The molecule has 0 N–H and O–H groups in total. The van der Waals surface area contributed by atoms with Gasteiger partial charge >= 0.3 is 5.97 Å². The van der Waals surface area contributed by atoms with E-state index in [1.54, 1.807) is 12.1 Å². The summed E-state index contributed by atoms with van der Waals surface area (Å²) in [5.74, 6) is -0.606. The van der Waals surface area contributed by atoms with Crippen LogP contribution in [0, 0.1) is 10.1 Å². The van der Waals surface area contributed by atoms with E-state index in [0.29, 0.717) is 12.0 Å². The standard InChI is InChI=1S/C18H14N2O5S/c21-16-8-9-18(19(16)14-6-1-2-7-15(14)26-18)17(22)25-11-12-4-3-5-13(10-12)20(23)24/h1-7,10H,8-9,11H2/t18-/m1/s1. The number of hydrogen-bond acceptors (Lipinski definition) is 6. The number of anilines is 1. The molecule has 26 heavy (non-hydrogen) atoms. The molecule has 0 aromatic heterocycles. The maximum Gasteiger partial charge on any atom is 0.343 e. The lowest BCUT2D eigenvalue weighted by Gasteiger charge is -2.28. The van der Waals surface area contributed by atoms with E-state index in [2.05, 4.69) is 0 Å². The Bertz CT molecular complexity index is 931. The summed E-state index contributed by atoms with van der Waals surface area (Å²) in [5, 5.41) is 10.9. The molecular weight excluding hydrogens is 356 g/mol. The third-order valence-electron chi connectivity index (χ3n) is 4.48. The van der Waals surface area contributed by atoms with Crippen molar-refractivity contribution in [3.8, 4) is 0 Å². The first-order chi connectivity index (χ1) is 12.5. The number of benzene rings is 2. The van der Waals surface area contributed by atoms with Gasteiger partial charge in [-0.15, -0.1) is 0 Å². The molecule has 0 unspecified atom stereocenters. The second-order valence-electron chi connectivity index (χ2n) is 6.09. The van der Waals surface area contributed by atoms with Gasteiger partial charge in [0.2, 0.25) is 5.91 Å². The number of esters is 1. The van der Waals surface area contributed by atoms with Crippen molar-refractivity contribution in [3.63, 3.8) is 0 Å². The Morgan fingerprint density at radius 3 is 2.88 bits per heavy atom. The molecule has 8 heteroatoms. The number of hydrogen-bond donors (Lipinski definition) is 0. The molecule has 2 aliphatic rings. The molecule has 0 aliphatic carbocycles. The zero-order valence-electron chi connectivity index (χ0n) is 13.6. The fraction of sp³-hybridized carbons (Fsp3) is 0.222. The summed E-state index contributed by atoms with van der Waals surface area (Å²) in [7, 11) is 0. The minimum atomic E-state index is -1.08. The van der Waals surface area contributed by atoms with Crippen LogP contribution in [0.4, 0.5) is 11.4 Å². The molecule has 0 radical (unpaired) electrons. The van der Waals surface area contributed by atoms with Gasteiger partial charge in [0, 0.05) is 29.9 Å². The number of amides is 1. The molecular formula is C18H14N2O5S. The van der Waals surface area contributed by atoms with Gasteiger partial charge in [-0.05, 0) is 17.7 Å². The average Bonchev–Trinajstić information content (AvgIpc) is 3.16. The Morgan fingerprint density at radius 2 is 2.08 bits per heavy atom. The number of nitro groups is 1. The molecule has 1 amide bonds. The lowest BCUT2D eigenvalue weighted by Crippen LogP contribution is -2.47. The molecule has 1 fully saturated rings. The van der Waals surface area contributed by atoms with E-state index < -0.39 is 15.8 Å². The average molecular weight is 370 g/mol. The largest absolute Gasteiger partial charge is 0.458 e. The van der Waals surface area contributed by atoms with Crippen LogP contribution in [0.25, 0.3) is 0 Å². The van der Waals surface area contributed by atoms with Gasteiger partial charge in [-0.2, -0.15) is 0 Å². The van der Waals surface area contributed by atoms with Crippen molar-refractivity contribution >= 4 is 35.0 Å². The summed E-state index contributed by atoms with van der Waals surface area (Å²) >= 11 is 1.33. The van der Waals surface area contributed by atoms with Gasteiger partial charge in [-0.25, -0.2) is 4.79 Å². The van der Waals surface area contributed by atoms with Gasteiger partial charge in [0.05, 0.1) is 10.6 Å². The number of non-ortho nitro benzene ring substituents is 1. The normalized spacial score (nSPS) is 20.6. The number of carbonyl (C=O) groups excluding carboxylic acids is 2. The molecule has 0 spiro atoms. The first-order valence-corrected chi connectivity index (χ1v) is 8.84. The van der Waals surface area contributed by atoms with Gasteiger partial charge < -0.3 is 4.74 Å². The number of fused-ring (bicyclic) bond motifs is 3. The van der Waals surface area contributed by atoms with E-state index in [1.165, 1.54) is 28.8 Å². The number of rotatable bonds is 4. The van der Waals surface area contributed by atoms with Gasteiger partial charge in [-0.1, -0.05) is 36.0 Å². The van der Waals surface area contributed by atoms with Crippen molar-refractivity contribution in [2.75, 3.05) is 4.90 Å². The van der Waals surface area contributed by atoms with Gasteiger partial charge in [0.1, 0.15) is 6.61 Å². The van der Waals surface area contributed by atoms with Gasteiger partial charge in [0.25, 0.3) is 5.69 Å². The number of ether oxygens (including phenoxy) is 1. The van der Waals surface area contributed by atoms with Gasteiger partial charge in [-0.3, -0.25) is 19.8 Å². The van der Waals surface area contributed by atoms with E-state index in [-0.39, 0.29) is 24.6 Å². The molecule has 2 aromatic rings. The van der Waals surface area contributed by atoms with Crippen LogP contribution in [-0.4, -0.2) is 21.7 Å². The van der Waals surface area contributed by atoms with Crippen LogP contribution in [0.15, 0.2) is 53.4 Å². The Morgan fingerprint density at radius 1 is 1.27 bits per heavy atom. The van der Waals surface area contributed by atoms with Crippen LogP contribution in [0.1, 0.15) is 18.4 Å². The van der Waals surface area contributed by atoms with Crippen molar-refractivity contribution in [2.24, 2.45) is 0 Å². The highest BCUT2D eigenvalue weighted by Crippen LogP contribution is 2.56. The molecule has 0 saturated carbocycles. The first-order valence-electron chi connectivity index (χ1n) is 8.03. The highest BCUT2D eigenvalue weighted by Gasteiger charge is 2.58. The smallest absolute Gasteiger partial charge is 0.343 e. The molecule has 0 bridgehead atoms. The maximum absolute atomic E-state index is 12.9. The second kappa shape index (κ2) is 6.14. The molecule has 1 saturated heterocycles. The van der Waals surface area contributed by atoms with E-state index >= 15 is 0 Å². The highest BCUT2D eigenvalue weighted by atomic mass is 32.2. The zero-order valence-corrected chi connectivity index (χ0v) is 14.4. The van der Waals surface area contributed by atoms with Crippen LogP contribution in [0.2, 0.25) is 0 Å². The van der Waals surface area contributed by atoms with Crippen molar-refractivity contribution in [1.29, 1.82) is 0 Å². The predicted molar refractivity (Wildman–Crippen MR) is 94.6 cm³/mol. The lowest BCUT2D eigenvalue weighted by molar-refractivity contribution is -0.384. The number of para-hydroxylation sites is 1. The molecule has 2 aromatic carbocycles. The summed E-state index contributed by atoms with van der Waals surface area (Å²) in [5.41, 5.74) is 1.20. The van der Waals surface area contributed by atoms with E-state index in [1.807, 2.05) is 24.3 Å². The first kappa shape index (κ1) is 16.6. The minimum absolute atomic E-state index is 0.0583. The number of thioether (sulfide) groups is 1. The molecule has 1 atom stereocenters. The SMILES string of the molecule is O=C1CC[C@]2(C(=O)OCc3cccc([N+](=O)[O-])c3)Sc3ccccc3N12. The van der Waals surface area contributed by atoms with E-state index in [4.69, 9.17) is 4.74 Å².